The minimum absolute atomic E-state index is 0.232. The Balaban J connectivity index is 1.54. The fourth-order valence-corrected chi connectivity index (χ4v) is 3.44. The first kappa shape index (κ1) is 15.7. The first-order chi connectivity index (χ1) is 12.2. The number of pyridine rings is 1. The number of nitrogens with zero attached hydrogens (tertiary/aromatic N) is 7. The third kappa shape index (κ3) is 3.11. The van der Waals surface area contributed by atoms with Gasteiger partial charge in [-0.15, -0.1) is 10.2 Å². The minimum Gasteiger partial charge on any atom is -0.368 e. The molecule has 0 bridgehead atoms. The maximum absolute atomic E-state index is 14.1. The molecular formula is C17H20FN7. The second-order valence-corrected chi connectivity index (χ2v) is 6.38. The maximum Gasteiger partial charge on any atom is 0.164 e. The minimum atomic E-state index is -0.276. The number of anilines is 1. The molecule has 0 unspecified atom stereocenters. The third-order valence-electron chi connectivity index (χ3n) is 4.76. The summed E-state index contributed by atoms with van der Waals surface area (Å²) in [5.74, 6) is 1.80. The zero-order valence-corrected chi connectivity index (χ0v) is 14.1. The van der Waals surface area contributed by atoms with Crippen molar-refractivity contribution in [3.05, 3.63) is 54.6 Å². The zero-order chi connectivity index (χ0) is 17.2. The van der Waals surface area contributed by atoms with Gasteiger partial charge in [0.05, 0.1) is 24.8 Å². The number of halogens is 1. The van der Waals surface area contributed by atoms with Crippen LogP contribution in [0.1, 0.15) is 30.4 Å². The fourth-order valence-electron chi connectivity index (χ4n) is 3.44. The highest BCUT2D eigenvalue weighted by Gasteiger charge is 2.27. The van der Waals surface area contributed by atoms with Gasteiger partial charge in [-0.3, -0.25) is 4.98 Å². The van der Waals surface area contributed by atoms with Gasteiger partial charge in [-0.25, -0.2) is 9.37 Å². The van der Waals surface area contributed by atoms with Crippen molar-refractivity contribution in [2.24, 2.45) is 7.05 Å². The normalized spacial score (nSPS) is 17.8. The van der Waals surface area contributed by atoms with Crippen LogP contribution in [0.2, 0.25) is 0 Å². The topological polar surface area (TPSA) is 64.7 Å². The summed E-state index contributed by atoms with van der Waals surface area (Å²) in [4.78, 5) is 9.97. The van der Waals surface area contributed by atoms with E-state index in [1.165, 1.54) is 6.20 Å². The largest absolute Gasteiger partial charge is 0.368 e. The van der Waals surface area contributed by atoms with E-state index in [1.807, 2.05) is 17.8 Å². The smallest absolute Gasteiger partial charge is 0.164 e. The number of piperidine rings is 1. The highest BCUT2D eigenvalue weighted by Crippen LogP contribution is 2.30. The molecule has 0 saturated carbocycles. The molecule has 1 saturated heterocycles. The van der Waals surface area contributed by atoms with Crippen LogP contribution in [0.5, 0.6) is 0 Å². The number of aromatic nitrogens is 6. The van der Waals surface area contributed by atoms with Gasteiger partial charge in [0.15, 0.2) is 11.6 Å². The van der Waals surface area contributed by atoms with Gasteiger partial charge < -0.3 is 14.0 Å². The molecule has 0 amide bonds. The lowest BCUT2D eigenvalue weighted by Gasteiger charge is -2.34. The van der Waals surface area contributed by atoms with Crippen molar-refractivity contribution in [3.63, 3.8) is 0 Å². The Morgan fingerprint density at radius 3 is 2.96 bits per heavy atom. The van der Waals surface area contributed by atoms with E-state index in [1.54, 1.807) is 24.8 Å². The van der Waals surface area contributed by atoms with Crippen LogP contribution >= 0.6 is 0 Å². The molecule has 0 radical (unpaired) electrons. The Labute approximate surface area is 145 Å². The quantitative estimate of drug-likeness (QED) is 0.726. The summed E-state index contributed by atoms with van der Waals surface area (Å²) in [6.07, 6.45) is 10.3. The van der Waals surface area contributed by atoms with Crippen LogP contribution in [0.3, 0.4) is 0 Å². The fraction of sp³-hybridized carbons (Fsp3) is 0.412. The standard InChI is InChI=1S/C17H20FN7/c1-23-16(11-24-8-6-20-12-24)21-22-17(23)13-3-2-7-25(10-13)15-4-5-19-9-14(15)18/h4-6,8-9,12-13H,2-3,7,10-11H2,1H3/t13-/m0/s1. The van der Waals surface area contributed by atoms with Crippen LogP contribution in [0.4, 0.5) is 10.1 Å². The molecule has 130 valence electrons. The molecule has 3 aromatic heterocycles. The molecule has 1 fully saturated rings. The van der Waals surface area contributed by atoms with E-state index in [2.05, 4.69) is 29.6 Å². The van der Waals surface area contributed by atoms with Crippen LogP contribution < -0.4 is 4.90 Å². The monoisotopic (exact) mass is 341 g/mol. The number of hydrogen-bond donors (Lipinski definition) is 0. The van der Waals surface area contributed by atoms with Crippen molar-refractivity contribution in [1.82, 2.24) is 29.3 Å². The van der Waals surface area contributed by atoms with Crippen molar-refractivity contribution < 1.29 is 4.39 Å². The Morgan fingerprint density at radius 1 is 1.24 bits per heavy atom. The average Bonchev–Trinajstić information content (AvgIpc) is 3.27. The molecule has 0 aromatic carbocycles. The molecule has 3 aromatic rings. The van der Waals surface area contributed by atoms with Gasteiger partial charge in [-0.05, 0) is 18.9 Å². The van der Waals surface area contributed by atoms with Crippen molar-refractivity contribution >= 4 is 5.69 Å². The number of rotatable bonds is 4. The highest BCUT2D eigenvalue weighted by atomic mass is 19.1. The summed E-state index contributed by atoms with van der Waals surface area (Å²) >= 11 is 0. The Bertz CT molecular complexity index is 843. The highest BCUT2D eigenvalue weighted by molar-refractivity contribution is 5.47. The first-order valence-electron chi connectivity index (χ1n) is 8.40. The van der Waals surface area contributed by atoms with E-state index >= 15 is 0 Å². The SMILES string of the molecule is Cn1c(Cn2ccnc2)nnc1[C@H]1CCCN(c2ccncc2F)C1. The lowest BCUT2D eigenvalue weighted by Crippen LogP contribution is -2.36. The van der Waals surface area contributed by atoms with Crippen LogP contribution in [-0.4, -0.2) is 42.4 Å². The van der Waals surface area contributed by atoms with Gasteiger partial charge >= 0.3 is 0 Å². The molecule has 4 heterocycles. The molecule has 0 spiro atoms. The van der Waals surface area contributed by atoms with Crippen molar-refractivity contribution in [2.45, 2.75) is 25.3 Å². The van der Waals surface area contributed by atoms with E-state index in [-0.39, 0.29) is 11.7 Å². The number of hydrogen-bond acceptors (Lipinski definition) is 5. The number of imidazole rings is 1. The van der Waals surface area contributed by atoms with Crippen molar-refractivity contribution in [2.75, 3.05) is 18.0 Å². The summed E-state index contributed by atoms with van der Waals surface area (Å²) in [5, 5.41) is 8.76. The van der Waals surface area contributed by atoms with E-state index < -0.39 is 0 Å². The molecule has 0 aliphatic carbocycles. The van der Waals surface area contributed by atoms with E-state index in [4.69, 9.17) is 0 Å². The summed E-state index contributed by atoms with van der Waals surface area (Å²) in [5.41, 5.74) is 0.612. The van der Waals surface area contributed by atoms with Crippen LogP contribution in [0, 0.1) is 5.82 Å². The molecule has 7 nitrogen and oxygen atoms in total. The Kier molecular flexibility index (Phi) is 4.17. The second kappa shape index (κ2) is 6.62. The molecule has 8 heteroatoms. The van der Waals surface area contributed by atoms with Gasteiger partial charge in [0.1, 0.15) is 5.82 Å². The predicted molar refractivity (Wildman–Crippen MR) is 90.7 cm³/mol. The van der Waals surface area contributed by atoms with Crippen LogP contribution in [-0.2, 0) is 13.6 Å². The van der Waals surface area contributed by atoms with E-state index in [0.717, 1.165) is 37.6 Å². The van der Waals surface area contributed by atoms with Crippen molar-refractivity contribution in [1.29, 1.82) is 0 Å². The molecule has 1 atom stereocenters. The Hall–Kier alpha value is -2.77. The summed E-state index contributed by atoms with van der Waals surface area (Å²) in [7, 11) is 1.99. The van der Waals surface area contributed by atoms with Gasteiger partial charge in [0.2, 0.25) is 0 Å². The second-order valence-electron chi connectivity index (χ2n) is 6.38. The van der Waals surface area contributed by atoms with Gasteiger partial charge in [-0.2, -0.15) is 0 Å². The Morgan fingerprint density at radius 2 is 2.16 bits per heavy atom. The van der Waals surface area contributed by atoms with Gasteiger partial charge in [-0.1, -0.05) is 0 Å². The van der Waals surface area contributed by atoms with E-state index in [0.29, 0.717) is 12.2 Å². The summed E-state index contributed by atoms with van der Waals surface area (Å²) < 4.78 is 18.1. The molecule has 1 aliphatic heterocycles. The summed E-state index contributed by atoms with van der Waals surface area (Å²) in [6.45, 7) is 2.22. The first-order valence-corrected chi connectivity index (χ1v) is 8.40. The molecule has 1 aliphatic rings. The zero-order valence-electron chi connectivity index (χ0n) is 14.1. The predicted octanol–water partition coefficient (Wildman–Crippen LogP) is 1.98. The maximum atomic E-state index is 14.1. The van der Waals surface area contributed by atoms with Gasteiger partial charge in [0, 0.05) is 44.6 Å². The summed E-state index contributed by atoms with van der Waals surface area (Å²) in [6, 6.07) is 1.73. The molecular weight excluding hydrogens is 321 g/mol. The third-order valence-corrected chi connectivity index (χ3v) is 4.76. The molecule has 25 heavy (non-hydrogen) atoms. The van der Waals surface area contributed by atoms with Crippen LogP contribution in [0.15, 0.2) is 37.2 Å². The van der Waals surface area contributed by atoms with Gasteiger partial charge in [0.25, 0.3) is 0 Å². The lowest BCUT2D eigenvalue weighted by atomic mass is 9.96. The molecule has 4 rings (SSSR count). The van der Waals surface area contributed by atoms with E-state index in [9.17, 15) is 4.39 Å². The van der Waals surface area contributed by atoms with Crippen LogP contribution in [0.25, 0.3) is 0 Å². The average molecular weight is 341 g/mol. The van der Waals surface area contributed by atoms with Crippen molar-refractivity contribution in [3.8, 4) is 0 Å². The molecule has 0 N–H and O–H groups in total. The lowest BCUT2D eigenvalue weighted by molar-refractivity contribution is 0.472.